The molecule has 0 saturated carbocycles. The van der Waals surface area contributed by atoms with Crippen molar-refractivity contribution < 1.29 is 14.6 Å². The van der Waals surface area contributed by atoms with Crippen LogP contribution in [0.1, 0.15) is 12.5 Å². The van der Waals surface area contributed by atoms with E-state index in [2.05, 4.69) is 0 Å². The third kappa shape index (κ3) is 4.98. The van der Waals surface area contributed by atoms with Gasteiger partial charge in [0.15, 0.2) is 0 Å². The molecule has 0 aliphatic rings. The average Bonchev–Trinajstić information content (AvgIpc) is 2.25. The quantitative estimate of drug-likeness (QED) is 0.602. The van der Waals surface area contributed by atoms with E-state index in [0.717, 1.165) is 5.56 Å². The Hall–Kier alpha value is -1.61. The van der Waals surface area contributed by atoms with Gasteiger partial charge in [0.25, 0.3) is 0 Å². The van der Waals surface area contributed by atoms with E-state index < -0.39 is 12.1 Å². The number of carbonyl (C=O) groups is 1. The average molecular weight is 206 g/mol. The predicted molar refractivity (Wildman–Crippen MR) is 57.1 cm³/mol. The fourth-order valence-electron chi connectivity index (χ4n) is 0.995. The molecule has 15 heavy (non-hydrogen) atoms. The molecule has 1 rings (SSSR count). The maximum absolute atomic E-state index is 11.1. The Bertz CT molecular complexity index is 328. The van der Waals surface area contributed by atoms with E-state index in [1.54, 1.807) is 6.92 Å². The number of aliphatic hydroxyl groups is 1. The van der Waals surface area contributed by atoms with Gasteiger partial charge in [-0.3, -0.25) is 0 Å². The van der Waals surface area contributed by atoms with Crippen molar-refractivity contribution in [3.8, 4) is 0 Å². The standard InChI is InChI=1S/C12H14O3/c1-10(13)7-8-12(14)15-9-11-5-3-2-4-6-11/h2-8,10,13H,9H2,1H3/b8-7-. The highest BCUT2D eigenvalue weighted by molar-refractivity contribution is 5.81. The summed E-state index contributed by atoms with van der Waals surface area (Å²) in [6, 6.07) is 9.43. The van der Waals surface area contributed by atoms with Crippen LogP contribution in [0.25, 0.3) is 0 Å². The summed E-state index contributed by atoms with van der Waals surface area (Å²) in [5.74, 6) is -0.445. The Morgan fingerprint density at radius 2 is 2.13 bits per heavy atom. The first-order valence-electron chi connectivity index (χ1n) is 4.75. The van der Waals surface area contributed by atoms with Crippen molar-refractivity contribution in [2.45, 2.75) is 19.6 Å². The largest absolute Gasteiger partial charge is 0.458 e. The number of hydrogen-bond acceptors (Lipinski definition) is 3. The van der Waals surface area contributed by atoms with Crippen LogP contribution in [0.15, 0.2) is 42.5 Å². The Morgan fingerprint density at radius 1 is 1.47 bits per heavy atom. The zero-order chi connectivity index (χ0) is 11.1. The van der Waals surface area contributed by atoms with Crippen molar-refractivity contribution in [1.29, 1.82) is 0 Å². The van der Waals surface area contributed by atoms with E-state index >= 15 is 0 Å². The summed E-state index contributed by atoms with van der Waals surface area (Å²) in [6.45, 7) is 1.82. The minimum absolute atomic E-state index is 0.254. The number of hydrogen-bond donors (Lipinski definition) is 1. The molecule has 0 amide bonds. The molecule has 0 radical (unpaired) electrons. The number of carbonyl (C=O) groups excluding carboxylic acids is 1. The fourth-order valence-corrected chi connectivity index (χ4v) is 0.995. The molecule has 1 unspecified atom stereocenters. The zero-order valence-electron chi connectivity index (χ0n) is 8.59. The smallest absolute Gasteiger partial charge is 0.330 e. The molecule has 3 heteroatoms. The van der Waals surface area contributed by atoms with Crippen molar-refractivity contribution in [2.24, 2.45) is 0 Å². The van der Waals surface area contributed by atoms with Gasteiger partial charge in [0.1, 0.15) is 6.61 Å². The molecule has 1 N–H and O–H groups in total. The highest BCUT2D eigenvalue weighted by Crippen LogP contribution is 2.00. The predicted octanol–water partition coefficient (Wildman–Crippen LogP) is 1.67. The number of rotatable bonds is 4. The number of esters is 1. The van der Waals surface area contributed by atoms with Gasteiger partial charge in [-0.1, -0.05) is 30.3 Å². The highest BCUT2D eigenvalue weighted by atomic mass is 16.5. The Balaban J connectivity index is 2.35. The van der Waals surface area contributed by atoms with Crippen molar-refractivity contribution >= 4 is 5.97 Å². The van der Waals surface area contributed by atoms with Crippen LogP contribution in [0.5, 0.6) is 0 Å². The molecule has 0 saturated heterocycles. The summed E-state index contributed by atoms with van der Waals surface area (Å²) in [6.07, 6.45) is 1.98. The van der Waals surface area contributed by atoms with Gasteiger partial charge in [-0.15, -0.1) is 0 Å². The van der Waals surface area contributed by atoms with Crippen molar-refractivity contribution in [1.82, 2.24) is 0 Å². The summed E-state index contributed by atoms with van der Waals surface area (Å²) in [5.41, 5.74) is 0.941. The van der Waals surface area contributed by atoms with Crippen LogP contribution < -0.4 is 0 Å². The van der Waals surface area contributed by atoms with Crippen molar-refractivity contribution in [3.63, 3.8) is 0 Å². The molecule has 1 aromatic rings. The molecular weight excluding hydrogens is 192 g/mol. The molecule has 0 aliphatic carbocycles. The molecule has 1 aromatic carbocycles. The van der Waals surface area contributed by atoms with Crippen LogP contribution in [0.4, 0.5) is 0 Å². The Labute approximate surface area is 89.0 Å². The van der Waals surface area contributed by atoms with Gasteiger partial charge in [-0.2, -0.15) is 0 Å². The van der Waals surface area contributed by atoms with Crippen LogP contribution in [-0.2, 0) is 16.1 Å². The van der Waals surface area contributed by atoms with E-state index in [4.69, 9.17) is 9.84 Å². The van der Waals surface area contributed by atoms with Crippen molar-refractivity contribution in [3.05, 3.63) is 48.0 Å². The molecule has 0 aliphatic heterocycles. The second-order valence-electron chi connectivity index (χ2n) is 3.19. The lowest BCUT2D eigenvalue weighted by Gasteiger charge is -2.01. The molecule has 80 valence electrons. The van der Waals surface area contributed by atoms with Gasteiger partial charge in [-0.25, -0.2) is 4.79 Å². The van der Waals surface area contributed by atoms with Crippen molar-refractivity contribution in [2.75, 3.05) is 0 Å². The third-order valence-corrected chi connectivity index (χ3v) is 1.73. The van der Waals surface area contributed by atoms with Crippen LogP contribution in [0, 0.1) is 0 Å². The molecule has 1 atom stereocenters. The molecule has 0 bridgehead atoms. The number of ether oxygens (including phenoxy) is 1. The number of aliphatic hydroxyl groups excluding tert-OH is 1. The molecule has 0 aromatic heterocycles. The summed E-state index contributed by atoms with van der Waals surface area (Å²) >= 11 is 0. The lowest BCUT2D eigenvalue weighted by Crippen LogP contribution is -2.02. The Morgan fingerprint density at radius 3 is 2.73 bits per heavy atom. The second-order valence-corrected chi connectivity index (χ2v) is 3.19. The number of benzene rings is 1. The molecule has 0 spiro atoms. The third-order valence-electron chi connectivity index (χ3n) is 1.73. The molecule has 3 nitrogen and oxygen atoms in total. The summed E-state index contributed by atoms with van der Waals surface area (Å²) in [7, 11) is 0. The van der Waals surface area contributed by atoms with E-state index in [1.807, 2.05) is 30.3 Å². The zero-order valence-corrected chi connectivity index (χ0v) is 8.59. The summed E-state index contributed by atoms with van der Waals surface area (Å²) in [5, 5.41) is 8.89. The Kier molecular flexibility index (Phi) is 4.57. The van der Waals surface area contributed by atoms with Crippen LogP contribution in [0.3, 0.4) is 0 Å². The van der Waals surface area contributed by atoms with Gasteiger partial charge in [0.05, 0.1) is 6.10 Å². The molecule has 0 fully saturated rings. The minimum atomic E-state index is -0.630. The van der Waals surface area contributed by atoms with E-state index in [1.165, 1.54) is 12.2 Å². The fraction of sp³-hybridized carbons (Fsp3) is 0.250. The second kappa shape index (κ2) is 5.98. The van der Waals surface area contributed by atoms with Gasteiger partial charge in [-0.05, 0) is 18.6 Å². The molecular formula is C12H14O3. The van der Waals surface area contributed by atoms with Gasteiger partial charge in [0, 0.05) is 6.08 Å². The monoisotopic (exact) mass is 206 g/mol. The summed E-state index contributed by atoms with van der Waals surface area (Å²) < 4.78 is 4.94. The topological polar surface area (TPSA) is 46.5 Å². The minimum Gasteiger partial charge on any atom is -0.458 e. The first kappa shape index (κ1) is 11.5. The maximum atomic E-state index is 11.1. The first-order chi connectivity index (χ1) is 7.18. The first-order valence-corrected chi connectivity index (χ1v) is 4.75. The maximum Gasteiger partial charge on any atom is 0.330 e. The SMILES string of the molecule is CC(O)/C=C\C(=O)OCc1ccccc1. The highest BCUT2D eigenvalue weighted by Gasteiger charge is 1.98. The molecule has 0 heterocycles. The lowest BCUT2D eigenvalue weighted by molar-refractivity contribution is -0.139. The van der Waals surface area contributed by atoms with Gasteiger partial charge in [0.2, 0.25) is 0 Å². The van der Waals surface area contributed by atoms with Gasteiger partial charge >= 0.3 is 5.97 Å². The van der Waals surface area contributed by atoms with Crippen LogP contribution >= 0.6 is 0 Å². The van der Waals surface area contributed by atoms with Crippen LogP contribution in [0.2, 0.25) is 0 Å². The van der Waals surface area contributed by atoms with E-state index in [-0.39, 0.29) is 6.61 Å². The summed E-state index contributed by atoms with van der Waals surface area (Å²) in [4.78, 5) is 11.1. The van der Waals surface area contributed by atoms with E-state index in [9.17, 15) is 4.79 Å². The van der Waals surface area contributed by atoms with Crippen LogP contribution in [-0.4, -0.2) is 17.2 Å². The van der Waals surface area contributed by atoms with E-state index in [0.29, 0.717) is 0 Å². The normalized spacial score (nSPS) is 12.7. The lowest BCUT2D eigenvalue weighted by atomic mass is 10.2. The van der Waals surface area contributed by atoms with Gasteiger partial charge < -0.3 is 9.84 Å².